The summed E-state index contributed by atoms with van der Waals surface area (Å²) in [6.45, 7) is 8.03. The zero-order valence-corrected chi connectivity index (χ0v) is 27.6. The summed E-state index contributed by atoms with van der Waals surface area (Å²) in [5, 5.41) is 33.0. The van der Waals surface area contributed by atoms with E-state index in [9.17, 15) is 29.7 Å². The van der Waals surface area contributed by atoms with Gasteiger partial charge in [-0.2, -0.15) is 0 Å². The van der Waals surface area contributed by atoms with E-state index in [1.807, 2.05) is 20.8 Å². The second kappa shape index (κ2) is 25.6. The SMILES string of the molecule is CCC/C=C/CCCCCCCCCCCCCCC[N+](C(CCC)C(=O)[O-])(C(CCC)C(=O)O)C(CCC)C(=O)O. The van der Waals surface area contributed by atoms with Crippen LogP contribution in [-0.2, 0) is 14.4 Å². The molecule has 42 heavy (non-hydrogen) atoms. The Kier molecular flexibility index (Phi) is 24.4. The van der Waals surface area contributed by atoms with Crippen molar-refractivity contribution in [2.24, 2.45) is 0 Å². The van der Waals surface area contributed by atoms with Crippen LogP contribution in [0.15, 0.2) is 12.2 Å². The van der Waals surface area contributed by atoms with Crippen molar-refractivity contribution >= 4 is 17.9 Å². The molecule has 0 radical (unpaired) electrons. The average molecular weight is 596 g/mol. The summed E-state index contributed by atoms with van der Waals surface area (Å²) in [5.41, 5.74) is 0. The number of carbonyl (C=O) groups is 3. The summed E-state index contributed by atoms with van der Waals surface area (Å²) in [6.07, 6.45) is 25.7. The van der Waals surface area contributed by atoms with Gasteiger partial charge in [-0.1, -0.05) is 117 Å². The Morgan fingerprint density at radius 3 is 1.26 bits per heavy atom. The van der Waals surface area contributed by atoms with Gasteiger partial charge < -0.3 is 20.1 Å². The number of hydrogen-bond acceptors (Lipinski definition) is 4. The maximum Gasteiger partial charge on any atom is 0.362 e. The number of quaternary nitrogens is 1. The molecule has 0 amide bonds. The predicted octanol–water partition coefficient (Wildman–Crippen LogP) is 8.05. The number of aliphatic carboxylic acids is 3. The molecule has 0 aromatic heterocycles. The average Bonchev–Trinajstić information content (AvgIpc) is 2.95. The number of nitrogens with zero attached hydrogens (tertiary/aromatic N) is 1. The fraction of sp³-hybridized carbons (Fsp3) is 0.857. The number of carbonyl (C=O) groups excluding carboxylic acids is 1. The molecule has 7 nitrogen and oxygen atoms in total. The first-order chi connectivity index (χ1) is 20.2. The first kappa shape index (κ1) is 40.1. The summed E-state index contributed by atoms with van der Waals surface area (Å²) in [5.74, 6) is -3.55. The Balaban J connectivity index is 4.88. The Morgan fingerprint density at radius 1 is 0.548 bits per heavy atom. The van der Waals surface area contributed by atoms with Gasteiger partial charge in [-0.15, -0.1) is 0 Å². The lowest BCUT2D eigenvalue weighted by molar-refractivity contribution is -0.975. The van der Waals surface area contributed by atoms with Crippen molar-refractivity contribution in [2.75, 3.05) is 6.54 Å². The minimum atomic E-state index is -1.33. The highest BCUT2D eigenvalue weighted by molar-refractivity contribution is 5.77. The standard InChI is InChI=1S/C35H65NO6/c1-5-9-10-11-12-13-14-15-16-17-18-19-20-21-22-23-24-25-29-36(30(26-6-2)33(37)38,31(27-7-3)34(39)40)32(28-8-4)35(41)42/h10-11,30-32H,5-9,12-29H2,1-4H3,(H2-,37,38,39,40,41,42)/b11-10+. The van der Waals surface area contributed by atoms with Crippen LogP contribution in [0.2, 0.25) is 0 Å². The molecular formula is C35H65NO6. The van der Waals surface area contributed by atoms with Crippen molar-refractivity contribution in [3.63, 3.8) is 0 Å². The van der Waals surface area contributed by atoms with Gasteiger partial charge in [0.25, 0.3) is 0 Å². The van der Waals surface area contributed by atoms with Crippen LogP contribution in [0.4, 0.5) is 0 Å². The molecule has 2 N–H and O–H groups in total. The van der Waals surface area contributed by atoms with Gasteiger partial charge in [0, 0.05) is 19.3 Å². The van der Waals surface area contributed by atoms with E-state index in [0.29, 0.717) is 25.7 Å². The third kappa shape index (κ3) is 15.5. The molecule has 0 heterocycles. The fourth-order valence-electron chi connectivity index (χ4n) is 6.63. The summed E-state index contributed by atoms with van der Waals surface area (Å²) in [6, 6.07) is -3.32. The molecule has 0 spiro atoms. The van der Waals surface area contributed by atoms with Crippen molar-refractivity contribution in [3.05, 3.63) is 12.2 Å². The first-order valence-corrected chi connectivity index (χ1v) is 17.4. The van der Waals surface area contributed by atoms with Crippen LogP contribution in [0.25, 0.3) is 0 Å². The minimum Gasteiger partial charge on any atom is -0.544 e. The van der Waals surface area contributed by atoms with Gasteiger partial charge in [-0.3, -0.25) is 4.48 Å². The van der Waals surface area contributed by atoms with Crippen LogP contribution >= 0.6 is 0 Å². The number of hydrogen-bond donors (Lipinski definition) is 2. The van der Waals surface area contributed by atoms with Gasteiger partial charge >= 0.3 is 11.9 Å². The quantitative estimate of drug-likeness (QED) is 0.0493. The third-order valence-electron chi connectivity index (χ3n) is 8.81. The first-order valence-electron chi connectivity index (χ1n) is 17.4. The van der Waals surface area contributed by atoms with Crippen molar-refractivity contribution < 1.29 is 34.2 Å². The van der Waals surface area contributed by atoms with Crippen LogP contribution in [-0.4, -0.2) is 57.3 Å². The van der Waals surface area contributed by atoms with Crippen LogP contribution in [0.1, 0.15) is 169 Å². The molecule has 0 rings (SSSR count). The van der Waals surface area contributed by atoms with Gasteiger partial charge in [-0.05, 0) is 44.9 Å². The second-order valence-corrected chi connectivity index (χ2v) is 12.3. The molecule has 7 heteroatoms. The molecule has 3 unspecified atom stereocenters. The molecule has 0 aliphatic carbocycles. The van der Waals surface area contributed by atoms with Crippen LogP contribution in [0.3, 0.4) is 0 Å². The van der Waals surface area contributed by atoms with Crippen molar-refractivity contribution in [3.8, 4) is 0 Å². The Labute approximate surface area is 257 Å². The molecule has 3 atom stereocenters. The largest absolute Gasteiger partial charge is 0.544 e. The lowest BCUT2D eigenvalue weighted by Gasteiger charge is -2.52. The van der Waals surface area contributed by atoms with Crippen molar-refractivity contribution in [2.45, 2.75) is 187 Å². The monoisotopic (exact) mass is 595 g/mol. The van der Waals surface area contributed by atoms with E-state index in [1.165, 1.54) is 77.0 Å². The highest BCUT2D eigenvalue weighted by Crippen LogP contribution is 2.34. The highest BCUT2D eigenvalue weighted by atomic mass is 16.4. The Morgan fingerprint density at radius 2 is 0.905 bits per heavy atom. The smallest absolute Gasteiger partial charge is 0.362 e. The summed E-state index contributed by atoms with van der Waals surface area (Å²) in [4.78, 5) is 37.6. The summed E-state index contributed by atoms with van der Waals surface area (Å²) >= 11 is 0. The molecular weight excluding hydrogens is 530 g/mol. The lowest BCUT2D eigenvalue weighted by atomic mass is 9.91. The van der Waals surface area contributed by atoms with Crippen LogP contribution < -0.4 is 5.11 Å². The topological polar surface area (TPSA) is 115 Å². The van der Waals surface area contributed by atoms with Gasteiger partial charge in [-0.25, -0.2) is 9.59 Å². The molecule has 0 bridgehead atoms. The summed E-state index contributed by atoms with van der Waals surface area (Å²) < 4.78 is -0.432. The summed E-state index contributed by atoms with van der Waals surface area (Å²) in [7, 11) is 0. The van der Waals surface area contributed by atoms with E-state index in [4.69, 9.17) is 0 Å². The van der Waals surface area contributed by atoms with E-state index in [-0.39, 0.29) is 25.8 Å². The van der Waals surface area contributed by atoms with Gasteiger partial charge in [0.2, 0.25) is 0 Å². The number of unbranched alkanes of at least 4 members (excludes halogenated alkanes) is 14. The molecule has 0 saturated carbocycles. The number of allylic oxidation sites excluding steroid dienone is 2. The van der Waals surface area contributed by atoms with Gasteiger partial charge in [0.1, 0.15) is 6.04 Å². The molecule has 0 aliphatic rings. The van der Waals surface area contributed by atoms with E-state index in [0.717, 1.165) is 19.3 Å². The van der Waals surface area contributed by atoms with E-state index >= 15 is 0 Å². The number of carboxylic acid groups (broad SMARTS) is 3. The zero-order chi connectivity index (χ0) is 31.6. The maximum atomic E-state index is 12.6. The van der Waals surface area contributed by atoms with Crippen molar-refractivity contribution in [1.29, 1.82) is 0 Å². The Hall–Kier alpha value is -1.89. The zero-order valence-electron chi connectivity index (χ0n) is 27.6. The third-order valence-corrected chi connectivity index (χ3v) is 8.81. The number of rotatable bonds is 30. The predicted molar refractivity (Wildman–Crippen MR) is 170 cm³/mol. The number of carboxylic acids is 3. The molecule has 0 fully saturated rings. The van der Waals surface area contributed by atoms with Gasteiger partial charge in [0.15, 0.2) is 12.1 Å². The normalized spacial score (nSPS) is 15.3. The molecule has 0 aromatic rings. The van der Waals surface area contributed by atoms with Crippen LogP contribution in [0, 0.1) is 0 Å². The van der Waals surface area contributed by atoms with Crippen molar-refractivity contribution in [1.82, 2.24) is 0 Å². The molecule has 0 saturated heterocycles. The van der Waals surface area contributed by atoms with Crippen LogP contribution in [0.5, 0.6) is 0 Å². The van der Waals surface area contributed by atoms with E-state index < -0.39 is 40.5 Å². The second-order valence-electron chi connectivity index (χ2n) is 12.3. The highest BCUT2D eigenvalue weighted by Gasteiger charge is 2.54. The molecule has 0 aromatic carbocycles. The lowest BCUT2D eigenvalue weighted by Crippen LogP contribution is -2.74. The molecule has 246 valence electrons. The van der Waals surface area contributed by atoms with Gasteiger partial charge in [0.05, 0.1) is 12.5 Å². The fourth-order valence-corrected chi connectivity index (χ4v) is 6.63. The maximum absolute atomic E-state index is 12.6. The minimum absolute atomic E-state index is 0.208. The Bertz CT molecular complexity index is 677. The molecule has 0 aliphatic heterocycles. The van der Waals surface area contributed by atoms with E-state index in [2.05, 4.69) is 19.1 Å². The van der Waals surface area contributed by atoms with E-state index in [1.54, 1.807) is 0 Å².